The van der Waals surface area contributed by atoms with Gasteiger partial charge in [0.25, 0.3) is 5.91 Å². The minimum absolute atomic E-state index is 0.0168. The number of methoxy groups -OCH3 is 1. The Morgan fingerprint density at radius 3 is 2.52 bits per heavy atom. The molecule has 0 fully saturated rings. The highest BCUT2D eigenvalue weighted by atomic mass is 16.5. The Hall–Kier alpha value is -2.04. The molecular formula is C18H27NO4. The lowest BCUT2D eigenvalue weighted by molar-refractivity contribution is -0.143. The van der Waals surface area contributed by atoms with Crippen LogP contribution in [0.5, 0.6) is 5.75 Å². The molecule has 5 nitrogen and oxygen atoms in total. The Morgan fingerprint density at radius 1 is 1.17 bits per heavy atom. The minimum Gasteiger partial charge on any atom is -0.508 e. The van der Waals surface area contributed by atoms with Crippen molar-refractivity contribution in [1.82, 2.24) is 5.32 Å². The number of hydrogen-bond donors (Lipinski definition) is 2. The van der Waals surface area contributed by atoms with Gasteiger partial charge in [-0.2, -0.15) is 0 Å². The van der Waals surface area contributed by atoms with Gasteiger partial charge in [-0.3, -0.25) is 4.79 Å². The van der Waals surface area contributed by atoms with Crippen molar-refractivity contribution in [2.45, 2.75) is 57.9 Å². The van der Waals surface area contributed by atoms with Crippen molar-refractivity contribution in [2.75, 3.05) is 7.11 Å². The lowest BCUT2D eigenvalue weighted by atomic mass is 10.1. The predicted octanol–water partition coefficient (Wildman–Crippen LogP) is 3.41. The van der Waals surface area contributed by atoms with Gasteiger partial charge in [0.1, 0.15) is 11.8 Å². The molecule has 23 heavy (non-hydrogen) atoms. The van der Waals surface area contributed by atoms with Gasteiger partial charge in [-0.15, -0.1) is 0 Å². The zero-order valence-electron chi connectivity index (χ0n) is 14.0. The molecule has 1 rings (SSSR count). The fraction of sp³-hybridized carbons (Fsp3) is 0.556. The van der Waals surface area contributed by atoms with Crippen LogP contribution in [0, 0.1) is 0 Å². The van der Waals surface area contributed by atoms with Crippen LogP contribution in [0.4, 0.5) is 0 Å². The average Bonchev–Trinajstić information content (AvgIpc) is 2.56. The maximum Gasteiger partial charge on any atom is 0.328 e. The first-order valence-electron chi connectivity index (χ1n) is 8.26. The van der Waals surface area contributed by atoms with Crippen molar-refractivity contribution in [3.05, 3.63) is 29.8 Å². The van der Waals surface area contributed by atoms with Gasteiger partial charge in [0.2, 0.25) is 0 Å². The molecule has 128 valence electrons. The number of nitrogens with one attached hydrogen (secondary N) is 1. The van der Waals surface area contributed by atoms with E-state index in [4.69, 9.17) is 4.74 Å². The zero-order valence-corrected chi connectivity index (χ0v) is 14.0. The summed E-state index contributed by atoms with van der Waals surface area (Å²) in [6.07, 6.45) is 7.24. The van der Waals surface area contributed by atoms with Crippen molar-refractivity contribution in [1.29, 1.82) is 0 Å². The molecule has 0 heterocycles. The number of unbranched alkanes of at least 4 members (excludes halogenated alkanes) is 5. The van der Waals surface area contributed by atoms with Gasteiger partial charge in [-0.05, 0) is 24.6 Å². The molecule has 0 saturated heterocycles. The SMILES string of the molecule is CCCCCCCC[C@@H](NC(=O)c1cccc(O)c1)C(=O)OC. The molecule has 0 aliphatic rings. The van der Waals surface area contributed by atoms with E-state index in [0.29, 0.717) is 12.0 Å². The molecule has 0 saturated carbocycles. The second-order valence-electron chi connectivity index (χ2n) is 5.66. The number of esters is 1. The molecular weight excluding hydrogens is 294 g/mol. The number of phenolic OH excluding ortho intramolecular Hbond substituents is 1. The number of carbonyl (C=O) groups excluding carboxylic acids is 2. The third-order valence-electron chi connectivity index (χ3n) is 3.75. The molecule has 0 bridgehead atoms. The summed E-state index contributed by atoms with van der Waals surface area (Å²) in [5.41, 5.74) is 0.321. The zero-order chi connectivity index (χ0) is 17.1. The molecule has 1 amide bonds. The molecule has 1 aromatic rings. The highest BCUT2D eigenvalue weighted by molar-refractivity contribution is 5.97. The quantitative estimate of drug-likeness (QED) is 0.511. The average molecular weight is 321 g/mol. The first-order valence-corrected chi connectivity index (χ1v) is 8.26. The normalized spacial score (nSPS) is 11.7. The van der Waals surface area contributed by atoms with Gasteiger partial charge in [0.15, 0.2) is 0 Å². The number of aromatic hydroxyl groups is 1. The smallest absolute Gasteiger partial charge is 0.328 e. The second-order valence-corrected chi connectivity index (χ2v) is 5.66. The first-order chi connectivity index (χ1) is 11.1. The maximum absolute atomic E-state index is 12.2. The van der Waals surface area contributed by atoms with Crippen LogP contribution in [-0.4, -0.2) is 30.1 Å². The van der Waals surface area contributed by atoms with Crippen LogP contribution >= 0.6 is 0 Å². The number of amides is 1. The first kappa shape index (κ1) is 19.0. The topological polar surface area (TPSA) is 75.6 Å². The lowest BCUT2D eigenvalue weighted by Crippen LogP contribution is -2.41. The molecule has 0 aliphatic carbocycles. The largest absolute Gasteiger partial charge is 0.508 e. The summed E-state index contributed by atoms with van der Waals surface area (Å²) in [6.45, 7) is 2.17. The van der Waals surface area contributed by atoms with Crippen LogP contribution in [0.3, 0.4) is 0 Å². The highest BCUT2D eigenvalue weighted by Gasteiger charge is 2.21. The van der Waals surface area contributed by atoms with E-state index < -0.39 is 12.0 Å². The summed E-state index contributed by atoms with van der Waals surface area (Å²) < 4.78 is 4.77. The van der Waals surface area contributed by atoms with Crippen molar-refractivity contribution < 1.29 is 19.4 Å². The summed E-state index contributed by atoms with van der Waals surface area (Å²) in [5, 5.41) is 12.1. The Labute approximate surface area is 138 Å². The number of rotatable bonds is 10. The van der Waals surface area contributed by atoms with E-state index in [0.717, 1.165) is 19.3 Å². The van der Waals surface area contributed by atoms with Gasteiger partial charge in [-0.1, -0.05) is 51.5 Å². The highest BCUT2D eigenvalue weighted by Crippen LogP contribution is 2.13. The van der Waals surface area contributed by atoms with Crippen molar-refractivity contribution in [3.63, 3.8) is 0 Å². The third-order valence-corrected chi connectivity index (χ3v) is 3.75. The summed E-state index contributed by atoms with van der Waals surface area (Å²) in [4.78, 5) is 24.0. The summed E-state index contributed by atoms with van der Waals surface area (Å²) in [6, 6.07) is 5.39. The Balaban J connectivity index is 2.51. The van der Waals surface area contributed by atoms with Crippen molar-refractivity contribution in [3.8, 4) is 5.75 Å². The summed E-state index contributed by atoms with van der Waals surface area (Å²) in [5.74, 6) is -0.808. The Kier molecular flexibility index (Phi) is 8.80. The molecule has 1 aromatic carbocycles. The van der Waals surface area contributed by atoms with Crippen LogP contribution in [0.1, 0.15) is 62.2 Å². The number of carbonyl (C=O) groups is 2. The fourth-order valence-electron chi connectivity index (χ4n) is 2.41. The predicted molar refractivity (Wildman–Crippen MR) is 89.4 cm³/mol. The van der Waals surface area contributed by atoms with E-state index in [2.05, 4.69) is 12.2 Å². The fourth-order valence-corrected chi connectivity index (χ4v) is 2.41. The minimum atomic E-state index is -0.652. The Morgan fingerprint density at radius 2 is 1.87 bits per heavy atom. The molecule has 0 radical (unpaired) electrons. The van der Waals surface area contributed by atoms with Crippen LogP contribution in [0.2, 0.25) is 0 Å². The van der Waals surface area contributed by atoms with Crippen molar-refractivity contribution in [2.24, 2.45) is 0 Å². The van der Waals surface area contributed by atoms with E-state index in [-0.39, 0.29) is 11.7 Å². The summed E-state index contributed by atoms with van der Waals surface area (Å²) >= 11 is 0. The summed E-state index contributed by atoms with van der Waals surface area (Å²) in [7, 11) is 1.32. The number of benzene rings is 1. The lowest BCUT2D eigenvalue weighted by Gasteiger charge is -2.16. The molecule has 0 spiro atoms. The van der Waals surface area contributed by atoms with Gasteiger partial charge in [0, 0.05) is 5.56 Å². The second kappa shape index (κ2) is 10.6. The van der Waals surface area contributed by atoms with E-state index in [1.165, 1.54) is 38.5 Å². The van der Waals surface area contributed by atoms with E-state index in [1.807, 2.05) is 0 Å². The molecule has 0 aliphatic heterocycles. The van der Waals surface area contributed by atoms with Crippen LogP contribution in [-0.2, 0) is 9.53 Å². The third kappa shape index (κ3) is 7.17. The number of ether oxygens (including phenoxy) is 1. The monoisotopic (exact) mass is 321 g/mol. The van der Waals surface area contributed by atoms with E-state index in [9.17, 15) is 14.7 Å². The van der Waals surface area contributed by atoms with Crippen LogP contribution in [0.15, 0.2) is 24.3 Å². The number of hydrogen-bond acceptors (Lipinski definition) is 4. The number of phenols is 1. The Bertz CT molecular complexity index is 502. The maximum atomic E-state index is 12.2. The molecule has 0 unspecified atom stereocenters. The van der Waals surface area contributed by atoms with Gasteiger partial charge < -0.3 is 15.2 Å². The van der Waals surface area contributed by atoms with Gasteiger partial charge >= 0.3 is 5.97 Å². The molecule has 2 N–H and O–H groups in total. The van der Waals surface area contributed by atoms with Crippen LogP contribution in [0.25, 0.3) is 0 Å². The van der Waals surface area contributed by atoms with Crippen molar-refractivity contribution >= 4 is 11.9 Å². The van der Waals surface area contributed by atoms with Crippen LogP contribution < -0.4 is 5.32 Å². The molecule has 1 atom stereocenters. The van der Waals surface area contributed by atoms with Gasteiger partial charge in [-0.25, -0.2) is 4.79 Å². The van der Waals surface area contributed by atoms with Gasteiger partial charge in [0.05, 0.1) is 7.11 Å². The standard InChI is InChI=1S/C18H27NO4/c1-3-4-5-6-7-8-12-16(18(22)23-2)19-17(21)14-10-9-11-15(20)13-14/h9-11,13,16,20H,3-8,12H2,1-2H3,(H,19,21)/t16-/m1/s1. The molecule has 5 heteroatoms. The van der Waals surface area contributed by atoms with E-state index >= 15 is 0 Å². The van der Waals surface area contributed by atoms with E-state index in [1.54, 1.807) is 12.1 Å². The molecule has 0 aromatic heterocycles.